The van der Waals surface area contributed by atoms with E-state index in [4.69, 9.17) is 16.7 Å². The van der Waals surface area contributed by atoms with Gasteiger partial charge in [0.25, 0.3) is 0 Å². The molecule has 82 valence electrons. The van der Waals surface area contributed by atoms with E-state index >= 15 is 0 Å². The molecule has 0 amide bonds. The van der Waals surface area contributed by atoms with Gasteiger partial charge in [-0.25, -0.2) is 4.39 Å². The molecule has 0 aliphatic carbocycles. The van der Waals surface area contributed by atoms with Crippen LogP contribution in [0.5, 0.6) is 0 Å². The topological polar surface area (TPSA) is 20.2 Å². The summed E-state index contributed by atoms with van der Waals surface area (Å²) in [6.07, 6.45) is 0. The Balaban J connectivity index is 2.38. The van der Waals surface area contributed by atoms with E-state index in [0.29, 0.717) is 0 Å². The maximum Gasteiger partial charge on any atom is 0.142 e. The summed E-state index contributed by atoms with van der Waals surface area (Å²) < 4.78 is 13.2. The highest BCUT2D eigenvalue weighted by molar-refractivity contribution is 6.30. The van der Waals surface area contributed by atoms with Gasteiger partial charge in [0.15, 0.2) is 0 Å². The molecule has 3 heteroatoms. The minimum Gasteiger partial charge on any atom is -0.392 e. The second-order valence-electron chi connectivity index (χ2n) is 3.48. The molecule has 0 unspecified atom stereocenters. The Morgan fingerprint density at radius 3 is 2.19 bits per heavy atom. The summed E-state index contributed by atoms with van der Waals surface area (Å²) in [4.78, 5) is 0. The standard InChI is InChI=1S/C13H10ClFO/c14-12-6-5-11(7-13(12)15)10-3-1-9(8-16)2-4-10/h1-7,16H,8H2. The fourth-order valence-electron chi connectivity index (χ4n) is 1.48. The minimum absolute atomic E-state index is 0.00919. The van der Waals surface area contributed by atoms with E-state index in [9.17, 15) is 4.39 Å². The first-order valence-corrected chi connectivity index (χ1v) is 5.24. The predicted molar refractivity (Wildman–Crippen MR) is 62.8 cm³/mol. The molecular weight excluding hydrogens is 227 g/mol. The SMILES string of the molecule is OCc1ccc(-c2ccc(Cl)c(F)c2)cc1. The molecule has 2 aromatic carbocycles. The number of benzene rings is 2. The molecule has 2 aromatic rings. The lowest BCUT2D eigenvalue weighted by Crippen LogP contribution is -1.84. The van der Waals surface area contributed by atoms with E-state index in [1.165, 1.54) is 12.1 Å². The van der Waals surface area contributed by atoms with Crippen LogP contribution in [0, 0.1) is 5.82 Å². The first-order chi connectivity index (χ1) is 7.70. The third kappa shape index (κ3) is 2.23. The van der Waals surface area contributed by atoms with Crippen LogP contribution >= 0.6 is 11.6 Å². The average Bonchev–Trinajstić information content (AvgIpc) is 2.33. The van der Waals surface area contributed by atoms with Gasteiger partial charge in [0.1, 0.15) is 5.82 Å². The normalized spacial score (nSPS) is 10.4. The van der Waals surface area contributed by atoms with Crippen LogP contribution in [0.1, 0.15) is 5.56 Å². The molecule has 0 heterocycles. The van der Waals surface area contributed by atoms with E-state index in [2.05, 4.69) is 0 Å². The number of aliphatic hydroxyl groups excluding tert-OH is 1. The maximum absolute atomic E-state index is 13.2. The van der Waals surface area contributed by atoms with Crippen LogP contribution in [0.4, 0.5) is 4.39 Å². The van der Waals surface area contributed by atoms with Crippen molar-refractivity contribution in [2.75, 3.05) is 0 Å². The van der Waals surface area contributed by atoms with Crippen LogP contribution in [0.15, 0.2) is 42.5 Å². The Bertz CT molecular complexity index is 494. The molecule has 1 N–H and O–H groups in total. The summed E-state index contributed by atoms with van der Waals surface area (Å²) in [5.74, 6) is -0.426. The van der Waals surface area contributed by atoms with E-state index < -0.39 is 5.82 Å². The molecule has 0 fully saturated rings. The molecule has 2 rings (SSSR count). The van der Waals surface area contributed by atoms with E-state index in [1.807, 2.05) is 24.3 Å². The summed E-state index contributed by atoms with van der Waals surface area (Å²) in [7, 11) is 0. The second-order valence-corrected chi connectivity index (χ2v) is 3.89. The van der Waals surface area contributed by atoms with Crippen molar-refractivity contribution >= 4 is 11.6 Å². The van der Waals surface area contributed by atoms with Gasteiger partial charge in [0.05, 0.1) is 11.6 Å². The fourth-order valence-corrected chi connectivity index (χ4v) is 1.60. The quantitative estimate of drug-likeness (QED) is 0.844. The van der Waals surface area contributed by atoms with E-state index in [-0.39, 0.29) is 11.6 Å². The van der Waals surface area contributed by atoms with Crippen LogP contribution in [0.2, 0.25) is 5.02 Å². The molecule has 0 aliphatic rings. The van der Waals surface area contributed by atoms with E-state index in [0.717, 1.165) is 16.7 Å². The lowest BCUT2D eigenvalue weighted by molar-refractivity contribution is 0.282. The highest BCUT2D eigenvalue weighted by Crippen LogP contribution is 2.24. The molecule has 0 radical (unpaired) electrons. The first-order valence-electron chi connectivity index (χ1n) is 4.86. The monoisotopic (exact) mass is 236 g/mol. The van der Waals surface area contributed by atoms with Crippen LogP contribution in [-0.4, -0.2) is 5.11 Å². The molecule has 0 aliphatic heterocycles. The van der Waals surface area contributed by atoms with Crippen molar-refractivity contribution in [3.8, 4) is 11.1 Å². The largest absolute Gasteiger partial charge is 0.392 e. The summed E-state index contributed by atoms with van der Waals surface area (Å²) in [6, 6.07) is 12.0. The lowest BCUT2D eigenvalue weighted by atomic mass is 10.0. The molecule has 16 heavy (non-hydrogen) atoms. The van der Waals surface area contributed by atoms with Gasteiger partial charge in [-0.2, -0.15) is 0 Å². The zero-order chi connectivity index (χ0) is 11.5. The van der Waals surface area contributed by atoms with Gasteiger partial charge in [-0.05, 0) is 28.8 Å². The third-order valence-corrected chi connectivity index (χ3v) is 2.70. The Hall–Kier alpha value is -1.38. The van der Waals surface area contributed by atoms with Gasteiger partial charge in [-0.15, -0.1) is 0 Å². The van der Waals surface area contributed by atoms with Crippen molar-refractivity contribution in [2.24, 2.45) is 0 Å². The van der Waals surface area contributed by atoms with Crippen molar-refractivity contribution in [2.45, 2.75) is 6.61 Å². The average molecular weight is 237 g/mol. The van der Waals surface area contributed by atoms with E-state index in [1.54, 1.807) is 6.07 Å². The first kappa shape index (κ1) is 11.1. The van der Waals surface area contributed by atoms with Crippen molar-refractivity contribution in [3.05, 3.63) is 58.9 Å². The third-order valence-electron chi connectivity index (χ3n) is 2.39. The molecule has 0 bridgehead atoms. The summed E-state index contributed by atoms with van der Waals surface area (Å²) in [5.41, 5.74) is 2.50. The molecule has 0 saturated carbocycles. The Morgan fingerprint density at radius 2 is 1.62 bits per heavy atom. The second kappa shape index (κ2) is 4.64. The molecular formula is C13H10ClFO. The molecule has 0 saturated heterocycles. The zero-order valence-electron chi connectivity index (χ0n) is 8.45. The fraction of sp³-hybridized carbons (Fsp3) is 0.0769. The number of hydrogen-bond acceptors (Lipinski definition) is 1. The summed E-state index contributed by atoms with van der Waals surface area (Å²) in [6.45, 7) is 0.00919. The Morgan fingerprint density at radius 1 is 1.00 bits per heavy atom. The van der Waals surface area contributed by atoms with Gasteiger partial charge in [0, 0.05) is 0 Å². The van der Waals surface area contributed by atoms with Crippen LogP contribution in [-0.2, 0) is 6.61 Å². The highest BCUT2D eigenvalue weighted by atomic mass is 35.5. The van der Waals surface area contributed by atoms with Gasteiger partial charge < -0.3 is 5.11 Å². The number of halogens is 2. The Labute approximate surface area is 98.1 Å². The minimum atomic E-state index is -0.426. The van der Waals surface area contributed by atoms with Crippen molar-refractivity contribution in [1.82, 2.24) is 0 Å². The van der Waals surface area contributed by atoms with Crippen molar-refractivity contribution in [3.63, 3.8) is 0 Å². The van der Waals surface area contributed by atoms with Crippen molar-refractivity contribution in [1.29, 1.82) is 0 Å². The van der Waals surface area contributed by atoms with Crippen LogP contribution in [0.3, 0.4) is 0 Å². The summed E-state index contributed by atoms with van der Waals surface area (Å²) in [5, 5.41) is 9.02. The molecule has 0 spiro atoms. The summed E-state index contributed by atoms with van der Waals surface area (Å²) >= 11 is 5.61. The molecule has 1 nitrogen and oxygen atoms in total. The van der Waals surface area contributed by atoms with Gasteiger partial charge in [0.2, 0.25) is 0 Å². The van der Waals surface area contributed by atoms with Gasteiger partial charge >= 0.3 is 0 Å². The number of aliphatic hydroxyl groups is 1. The zero-order valence-corrected chi connectivity index (χ0v) is 9.21. The van der Waals surface area contributed by atoms with Crippen molar-refractivity contribution < 1.29 is 9.50 Å². The molecule has 0 aromatic heterocycles. The maximum atomic E-state index is 13.2. The highest BCUT2D eigenvalue weighted by Gasteiger charge is 2.03. The van der Waals surface area contributed by atoms with Crippen LogP contribution in [0.25, 0.3) is 11.1 Å². The number of rotatable bonds is 2. The van der Waals surface area contributed by atoms with Gasteiger partial charge in [-0.3, -0.25) is 0 Å². The smallest absolute Gasteiger partial charge is 0.142 e. The molecule has 0 atom stereocenters. The lowest BCUT2D eigenvalue weighted by Gasteiger charge is -2.03. The van der Waals surface area contributed by atoms with Crippen LogP contribution < -0.4 is 0 Å². The number of hydrogen-bond donors (Lipinski definition) is 1. The van der Waals surface area contributed by atoms with Gasteiger partial charge in [-0.1, -0.05) is 41.9 Å². The predicted octanol–water partition coefficient (Wildman–Crippen LogP) is 3.64. The Kier molecular flexibility index (Phi) is 3.22.